The van der Waals surface area contributed by atoms with E-state index in [1.807, 2.05) is 18.2 Å². The standard InChI is InChI=1S/C22H24N2O4/c1-15(28-19-10-8-17(9-11-19)22(2,3)4)21(26)27-14-20(25)24-18-7-5-6-16(12-18)13-23/h5-12,15H,14H2,1-4H3,(H,24,25)/t15-/m1/s1. The van der Waals surface area contributed by atoms with Crippen LogP contribution in [0.4, 0.5) is 5.69 Å². The van der Waals surface area contributed by atoms with Crippen molar-refractivity contribution in [3.05, 3.63) is 59.7 Å². The van der Waals surface area contributed by atoms with Crippen LogP contribution in [0.15, 0.2) is 48.5 Å². The summed E-state index contributed by atoms with van der Waals surface area (Å²) in [7, 11) is 0. The minimum atomic E-state index is -0.852. The van der Waals surface area contributed by atoms with Gasteiger partial charge in [-0.1, -0.05) is 39.0 Å². The molecule has 0 radical (unpaired) electrons. The lowest BCUT2D eigenvalue weighted by Gasteiger charge is -2.20. The van der Waals surface area contributed by atoms with Gasteiger partial charge in [-0.2, -0.15) is 5.26 Å². The second-order valence-electron chi connectivity index (χ2n) is 7.38. The van der Waals surface area contributed by atoms with Crippen molar-refractivity contribution in [2.45, 2.75) is 39.2 Å². The molecule has 6 heteroatoms. The first kappa shape index (κ1) is 21.0. The van der Waals surface area contributed by atoms with Gasteiger partial charge in [0.05, 0.1) is 11.6 Å². The Hall–Kier alpha value is -3.33. The fourth-order valence-corrected chi connectivity index (χ4v) is 2.40. The molecule has 2 aromatic carbocycles. The van der Waals surface area contributed by atoms with Crippen molar-refractivity contribution in [2.75, 3.05) is 11.9 Å². The van der Waals surface area contributed by atoms with Gasteiger partial charge in [0.25, 0.3) is 5.91 Å². The van der Waals surface area contributed by atoms with Gasteiger partial charge >= 0.3 is 5.97 Å². The molecule has 0 aliphatic heterocycles. The van der Waals surface area contributed by atoms with E-state index in [1.165, 1.54) is 6.07 Å². The van der Waals surface area contributed by atoms with Crippen LogP contribution < -0.4 is 10.1 Å². The summed E-state index contributed by atoms with van der Waals surface area (Å²) in [5, 5.41) is 11.4. The number of carbonyl (C=O) groups is 2. The number of ether oxygens (including phenoxy) is 2. The molecule has 6 nitrogen and oxygen atoms in total. The molecule has 2 rings (SSSR count). The molecule has 0 aromatic heterocycles. The van der Waals surface area contributed by atoms with Crippen LogP contribution in [0.1, 0.15) is 38.8 Å². The number of benzene rings is 2. The average molecular weight is 380 g/mol. The molecule has 1 amide bonds. The zero-order valence-electron chi connectivity index (χ0n) is 16.5. The van der Waals surface area contributed by atoms with Crippen LogP contribution in [0.2, 0.25) is 0 Å². The molecule has 0 heterocycles. The van der Waals surface area contributed by atoms with Crippen LogP contribution >= 0.6 is 0 Å². The molecule has 28 heavy (non-hydrogen) atoms. The van der Waals surface area contributed by atoms with Crippen molar-refractivity contribution in [1.29, 1.82) is 5.26 Å². The van der Waals surface area contributed by atoms with Gasteiger partial charge in [0, 0.05) is 5.69 Å². The van der Waals surface area contributed by atoms with E-state index in [2.05, 4.69) is 26.1 Å². The van der Waals surface area contributed by atoms with Crippen molar-refractivity contribution in [3.8, 4) is 11.8 Å². The minimum absolute atomic E-state index is 0.0309. The van der Waals surface area contributed by atoms with Crippen LogP contribution in [0.25, 0.3) is 0 Å². The highest BCUT2D eigenvalue weighted by Gasteiger charge is 2.19. The van der Waals surface area contributed by atoms with Crippen molar-refractivity contribution in [1.82, 2.24) is 0 Å². The van der Waals surface area contributed by atoms with Gasteiger partial charge < -0.3 is 14.8 Å². The molecule has 0 aliphatic rings. The predicted molar refractivity (Wildman–Crippen MR) is 106 cm³/mol. The Bertz CT molecular complexity index is 877. The molecule has 0 spiro atoms. The largest absolute Gasteiger partial charge is 0.479 e. The van der Waals surface area contributed by atoms with Crippen molar-refractivity contribution >= 4 is 17.6 Å². The molecule has 0 saturated heterocycles. The first-order valence-electron chi connectivity index (χ1n) is 8.93. The summed E-state index contributed by atoms with van der Waals surface area (Å²) in [6, 6.07) is 16.0. The van der Waals surface area contributed by atoms with Crippen LogP contribution in [-0.4, -0.2) is 24.6 Å². The molecule has 146 valence electrons. The van der Waals surface area contributed by atoms with Crippen LogP contribution in [0.3, 0.4) is 0 Å². The number of nitriles is 1. The number of nitrogens with one attached hydrogen (secondary N) is 1. The molecular weight excluding hydrogens is 356 g/mol. The number of hydrogen-bond acceptors (Lipinski definition) is 5. The number of carbonyl (C=O) groups excluding carboxylic acids is 2. The van der Waals surface area contributed by atoms with Gasteiger partial charge in [-0.05, 0) is 48.2 Å². The van der Waals surface area contributed by atoms with E-state index in [4.69, 9.17) is 14.7 Å². The Labute approximate surface area is 165 Å². The second-order valence-corrected chi connectivity index (χ2v) is 7.38. The minimum Gasteiger partial charge on any atom is -0.479 e. The van der Waals surface area contributed by atoms with E-state index in [0.29, 0.717) is 17.0 Å². The zero-order chi connectivity index (χ0) is 20.7. The molecule has 0 unspecified atom stereocenters. The number of esters is 1. The fourth-order valence-electron chi connectivity index (χ4n) is 2.40. The highest BCUT2D eigenvalue weighted by molar-refractivity contribution is 5.93. The van der Waals surface area contributed by atoms with Crippen molar-refractivity contribution in [3.63, 3.8) is 0 Å². The number of rotatable bonds is 6. The number of hydrogen-bond donors (Lipinski definition) is 1. The first-order valence-corrected chi connectivity index (χ1v) is 8.93. The lowest BCUT2D eigenvalue weighted by Crippen LogP contribution is -2.29. The maximum absolute atomic E-state index is 12.1. The molecule has 2 aromatic rings. The van der Waals surface area contributed by atoms with E-state index in [9.17, 15) is 9.59 Å². The van der Waals surface area contributed by atoms with E-state index in [0.717, 1.165) is 5.56 Å². The number of nitrogens with zero attached hydrogens (tertiary/aromatic N) is 1. The smallest absolute Gasteiger partial charge is 0.347 e. The van der Waals surface area contributed by atoms with E-state index in [-0.39, 0.29) is 5.41 Å². The zero-order valence-corrected chi connectivity index (χ0v) is 16.5. The quantitative estimate of drug-likeness (QED) is 0.770. The third kappa shape index (κ3) is 6.13. The summed E-state index contributed by atoms with van der Waals surface area (Å²) in [6.07, 6.45) is -0.852. The average Bonchev–Trinajstić information content (AvgIpc) is 2.66. The van der Waals surface area contributed by atoms with E-state index < -0.39 is 24.6 Å². The maximum atomic E-state index is 12.1. The summed E-state index contributed by atoms with van der Waals surface area (Å²) in [5.74, 6) is -0.582. The van der Waals surface area contributed by atoms with Crippen LogP contribution in [0.5, 0.6) is 5.75 Å². The Morgan fingerprint density at radius 1 is 1.14 bits per heavy atom. The van der Waals surface area contributed by atoms with Crippen LogP contribution in [-0.2, 0) is 19.7 Å². The van der Waals surface area contributed by atoms with Gasteiger partial charge in [0.2, 0.25) is 0 Å². The van der Waals surface area contributed by atoms with Crippen molar-refractivity contribution < 1.29 is 19.1 Å². The molecule has 0 saturated carbocycles. The topological polar surface area (TPSA) is 88.4 Å². The van der Waals surface area contributed by atoms with Gasteiger partial charge in [-0.25, -0.2) is 4.79 Å². The van der Waals surface area contributed by atoms with Gasteiger partial charge in [0.1, 0.15) is 5.75 Å². The summed E-state index contributed by atoms with van der Waals surface area (Å²) in [4.78, 5) is 24.0. The summed E-state index contributed by atoms with van der Waals surface area (Å²) in [6.45, 7) is 7.47. The van der Waals surface area contributed by atoms with Gasteiger partial charge in [-0.3, -0.25) is 4.79 Å². The SMILES string of the molecule is C[C@@H](Oc1ccc(C(C)(C)C)cc1)C(=O)OCC(=O)Nc1cccc(C#N)c1. The van der Waals surface area contributed by atoms with E-state index in [1.54, 1.807) is 37.3 Å². The second kappa shape index (κ2) is 9.05. The lowest BCUT2D eigenvalue weighted by molar-refractivity contribution is -0.153. The van der Waals surface area contributed by atoms with Gasteiger partial charge in [0.15, 0.2) is 12.7 Å². The Balaban J connectivity index is 1.83. The first-order chi connectivity index (χ1) is 13.2. The molecule has 1 N–H and O–H groups in total. The Morgan fingerprint density at radius 2 is 1.82 bits per heavy atom. The number of anilines is 1. The molecule has 1 atom stereocenters. The summed E-state index contributed by atoms with van der Waals surface area (Å²) >= 11 is 0. The highest BCUT2D eigenvalue weighted by atomic mass is 16.6. The third-order valence-corrected chi connectivity index (χ3v) is 3.99. The fraction of sp³-hybridized carbons (Fsp3) is 0.318. The molecule has 0 aliphatic carbocycles. The Kier molecular flexibility index (Phi) is 6.78. The highest BCUT2D eigenvalue weighted by Crippen LogP contribution is 2.24. The van der Waals surface area contributed by atoms with Crippen molar-refractivity contribution in [2.24, 2.45) is 0 Å². The normalized spacial score (nSPS) is 11.8. The third-order valence-electron chi connectivity index (χ3n) is 3.99. The molecule has 0 bridgehead atoms. The van der Waals surface area contributed by atoms with E-state index >= 15 is 0 Å². The summed E-state index contributed by atoms with van der Waals surface area (Å²) < 4.78 is 10.6. The summed E-state index contributed by atoms with van der Waals surface area (Å²) in [5.41, 5.74) is 2.08. The maximum Gasteiger partial charge on any atom is 0.347 e. The van der Waals surface area contributed by atoms with Crippen LogP contribution in [0, 0.1) is 11.3 Å². The molecule has 0 fully saturated rings. The van der Waals surface area contributed by atoms with Gasteiger partial charge in [-0.15, -0.1) is 0 Å². The lowest BCUT2D eigenvalue weighted by atomic mass is 9.87. The number of amides is 1. The predicted octanol–water partition coefficient (Wildman–Crippen LogP) is 3.80. The molecular formula is C22H24N2O4. The Morgan fingerprint density at radius 3 is 2.43 bits per heavy atom. The monoisotopic (exact) mass is 380 g/mol.